The molecule has 1 heterocycles. The van der Waals surface area contributed by atoms with Gasteiger partial charge in [-0.3, -0.25) is 0 Å². The van der Waals surface area contributed by atoms with Gasteiger partial charge in [0.2, 0.25) is 0 Å². The van der Waals surface area contributed by atoms with Crippen molar-refractivity contribution in [2.45, 2.75) is 6.04 Å². The predicted octanol–water partition coefficient (Wildman–Crippen LogP) is 2.37. The Morgan fingerprint density at radius 3 is 2.93 bits per heavy atom. The number of nitrogens with one attached hydrogen (secondary N) is 1. The molecule has 1 aliphatic rings. The van der Waals surface area contributed by atoms with Crippen LogP contribution < -0.4 is 5.32 Å². The van der Waals surface area contributed by atoms with Gasteiger partial charge in [0.1, 0.15) is 12.4 Å². The first-order chi connectivity index (χ1) is 6.66. The fourth-order valence-corrected chi connectivity index (χ4v) is 1.96. The van der Waals surface area contributed by atoms with Crippen LogP contribution in [-0.2, 0) is 4.74 Å². The van der Waals surface area contributed by atoms with Crippen molar-refractivity contribution in [1.29, 1.82) is 0 Å². The third kappa shape index (κ3) is 1.72. The van der Waals surface area contributed by atoms with Crippen LogP contribution in [0, 0.1) is 5.82 Å². The zero-order valence-electron chi connectivity index (χ0n) is 7.09. The van der Waals surface area contributed by atoms with E-state index in [0.717, 1.165) is 5.56 Å². The van der Waals surface area contributed by atoms with Gasteiger partial charge in [0, 0.05) is 4.47 Å². The average molecular weight is 260 g/mol. The number of halogens is 2. The minimum atomic E-state index is -0.439. The summed E-state index contributed by atoms with van der Waals surface area (Å²) in [5.74, 6) is -0.314. The van der Waals surface area contributed by atoms with Crippen LogP contribution >= 0.6 is 15.9 Å². The molecule has 5 heteroatoms. The standard InChI is InChI=1S/C9H7BrFNO2/c10-7-3-5(11)1-2-6(7)8-4-14-9(13)12-8/h1-3,8H,4H2,(H,12,13)/t8-/m1/s1. The number of alkyl carbamates (subject to hydrolysis) is 1. The van der Waals surface area contributed by atoms with Gasteiger partial charge in [-0.15, -0.1) is 0 Å². The van der Waals surface area contributed by atoms with Gasteiger partial charge in [0.15, 0.2) is 0 Å². The van der Waals surface area contributed by atoms with E-state index in [4.69, 9.17) is 4.74 Å². The molecule has 0 spiro atoms. The van der Waals surface area contributed by atoms with Crippen LogP contribution in [0.5, 0.6) is 0 Å². The summed E-state index contributed by atoms with van der Waals surface area (Å²) in [6.45, 7) is 0.281. The van der Waals surface area contributed by atoms with Crippen LogP contribution in [0.25, 0.3) is 0 Å². The van der Waals surface area contributed by atoms with E-state index < -0.39 is 6.09 Å². The number of amides is 1. The summed E-state index contributed by atoms with van der Waals surface area (Å²) in [4.78, 5) is 10.8. The third-order valence-corrected chi connectivity index (χ3v) is 2.70. The van der Waals surface area contributed by atoms with Crippen molar-refractivity contribution in [3.63, 3.8) is 0 Å². The van der Waals surface area contributed by atoms with E-state index in [1.165, 1.54) is 12.1 Å². The Hall–Kier alpha value is -1.10. The van der Waals surface area contributed by atoms with Gasteiger partial charge in [-0.05, 0) is 17.7 Å². The van der Waals surface area contributed by atoms with E-state index in [0.29, 0.717) is 4.47 Å². The Kier molecular flexibility index (Phi) is 2.41. The fourth-order valence-electron chi connectivity index (χ4n) is 1.34. The van der Waals surface area contributed by atoms with Crippen molar-refractivity contribution in [2.75, 3.05) is 6.61 Å². The molecule has 1 fully saturated rings. The van der Waals surface area contributed by atoms with Gasteiger partial charge in [0.25, 0.3) is 0 Å². The summed E-state index contributed by atoms with van der Waals surface area (Å²) in [5, 5.41) is 2.62. The number of hydrogen-bond acceptors (Lipinski definition) is 2. The highest BCUT2D eigenvalue weighted by molar-refractivity contribution is 9.10. The Morgan fingerprint density at radius 1 is 1.57 bits per heavy atom. The second kappa shape index (κ2) is 3.57. The van der Waals surface area contributed by atoms with Crippen LogP contribution in [0.15, 0.2) is 22.7 Å². The van der Waals surface area contributed by atoms with Crippen LogP contribution in [0.3, 0.4) is 0 Å². The molecule has 3 nitrogen and oxygen atoms in total. The van der Waals surface area contributed by atoms with Gasteiger partial charge < -0.3 is 10.1 Å². The van der Waals surface area contributed by atoms with Gasteiger partial charge in [-0.1, -0.05) is 22.0 Å². The molecule has 2 rings (SSSR count). The zero-order chi connectivity index (χ0) is 10.1. The number of benzene rings is 1. The zero-order valence-corrected chi connectivity index (χ0v) is 8.67. The SMILES string of the molecule is O=C1N[C@@H](c2ccc(F)cc2Br)CO1. The van der Waals surface area contributed by atoms with Crippen molar-refractivity contribution < 1.29 is 13.9 Å². The van der Waals surface area contributed by atoms with Crippen molar-refractivity contribution in [1.82, 2.24) is 5.32 Å². The molecular formula is C9H7BrFNO2. The summed E-state index contributed by atoms with van der Waals surface area (Å²) < 4.78 is 18.1. The summed E-state index contributed by atoms with van der Waals surface area (Å²) >= 11 is 3.23. The van der Waals surface area contributed by atoms with Gasteiger partial charge in [-0.2, -0.15) is 0 Å². The summed E-state index contributed by atoms with van der Waals surface area (Å²) in [7, 11) is 0. The van der Waals surface area contributed by atoms with Gasteiger partial charge >= 0.3 is 6.09 Å². The maximum absolute atomic E-state index is 12.8. The fraction of sp³-hybridized carbons (Fsp3) is 0.222. The molecule has 74 valence electrons. The van der Waals surface area contributed by atoms with Crippen molar-refractivity contribution >= 4 is 22.0 Å². The molecule has 1 N–H and O–H groups in total. The highest BCUT2D eigenvalue weighted by Gasteiger charge is 2.25. The van der Waals surface area contributed by atoms with E-state index >= 15 is 0 Å². The maximum atomic E-state index is 12.8. The highest BCUT2D eigenvalue weighted by Crippen LogP contribution is 2.26. The summed E-state index contributed by atoms with van der Waals surface area (Å²) in [6, 6.07) is 4.14. The highest BCUT2D eigenvalue weighted by atomic mass is 79.9. The number of cyclic esters (lactones) is 1. The molecule has 0 bridgehead atoms. The Morgan fingerprint density at radius 2 is 2.36 bits per heavy atom. The minimum absolute atomic E-state index is 0.197. The minimum Gasteiger partial charge on any atom is -0.447 e. The summed E-state index contributed by atoms with van der Waals surface area (Å²) in [6.07, 6.45) is -0.439. The van der Waals surface area contributed by atoms with E-state index in [9.17, 15) is 9.18 Å². The molecule has 0 unspecified atom stereocenters. The Labute approximate surface area is 88.4 Å². The molecule has 14 heavy (non-hydrogen) atoms. The maximum Gasteiger partial charge on any atom is 0.407 e. The van der Waals surface area contributed by atoms with Crippen molar-refractivity contribution in [3.8, 4) is 0 Å². The van der Waals surface area contributed by atoms with Crippen LogP contribution in [-0.4, -0.2) is 12.7 Å². The van der Waals surface area contributed by atoms with Crippen LogP contribution in [0.4, 0.5) is 9.18 Å². The van der Waals surface area contributed by atoms with E-state index in [1.807, 2.05) is 0 Å². The lowest BCUT2D eigenvalue weighted by molar-refractivity contribution is 0.177. The number of hydrogen-bond donors (Lipinski definition) is 1. The second-order valence-corrected chi connectivity index (χ2v) is 3.82. The van der Waals surface area contributed by atoms with E-state index in [1.54, 1.807) is 6.07 Å². The molecule has 0 radical (unpaired) electrons. The molecule has 0 aliphatic carbocycles. The molecule has 1 aliphatic heterocycles. The third-order valence-electron chi connectivity index (χ3n) is 2.01. The topological polar surface area (TPSA) is 38.3 Å². The number of carbonyl (C=O) groups is 1. The lowest BCUT2D eigenvalue weighted by Crippen LogP contribution is -2.18. The first-order valence-electron chi connectivity index (χ1n) is 4.05. The van der Waals surface area contributed by atoms with Gasteiger partial charge in [-0.25, -0.2) is 9.18 Å². The van der Waals surface area contributed by atoms with Crippen LogP contribution in [0.1, 0.15) is 11.6 Å². The second-order valence-electron chi connectivity index (χ2n) is 2.96. The molecule has 1 aromatic carbocycles. The molecule has 1 aromatic rings. The van der Waals surface area contributed by atoms with Gasteiger partial charge in [0.05, 0.1) is 6.04 Å². The molecule has 0 aromatic heterocycles. The quantitative estimate of drug-likeness (QED) is 0.841. The first kappa shape index (κ1) is 9.45. The lowest BCUT2D eigenvalue weighted by Gasteiger charge is -2.09. The molecule has 0 saturated carbocycles. The average Bonchev–Trinajstić information content (AvgIpc) is 2.51. The van der Waals surface area contributed by atoms with E-state index in [-0.39, 0.29) is 18.5 Å². The monoisotopic (exact) mass is 259 g/mol. The van der Waals surface area contributed by atoms with Crippen LogP contribution in [0.2, 0.25) is 0 Å². The molecule has 1 atom stereocenters. The summed E-state index contributed by atoms with van der Waals surface area (Å²) in [5.41, 5.74) is 0.817. The number of rotatable bonds is 1. The van der Waals surface area contributed by atoms with Crippen molar-refractivity contribution in [3.05, 3.63) is 34.1 Å². The normalized spacial score (nSPS) is 20.4. The smallest absolute Gasteiger partial charge is 0.407 e. The predicted molar refractivity (Wildman–Crippen MR) is 51.3 cm³/mol. The largest absolute Gasteiger partial charge is 0.447 e. The van der Waals surface area contributed by atoms with Crippen molar-refractivity contribution in [2.24, 2.45) is 0 Å². The number of carbonyl (C=O) groups excluding carboxylic acids is 1. The molecule has 1 amide bonds. The lowest BCUT2D eigenvalue weighted by atomic mass is 10.1. The number of ether oxygens (including phenoxy) is 1. The Bertz CT molecular complexity index is 383. The first-order valence-corrected chi connectivity index (χ1v) is 4.84. The molecule has 1 saturated heterocycles. The van der Waals surface area contributed by atoms with E-state index in [2.05, 4.69) is 21.2 Å². The molecular weight excluding hydrogens is 253 g/mol. The Balaban J connectivity index is 2.28.